The second-order valence-electron chi connectivity index (χ2n) is 7.35. The maximum atomic E-state index is 11.5. The minimum Gasteiger partial charge on any atom is -0.490 e. The summed E-state index contributed by atoms with van der Waals surface area (Å²) in [7, 11) is -4.68. The number of rotatable bonds is 11. The van der Waals surface area contributed by atoms with Gasteiger partial charge in [0.25, 0.3) is 0 Å². The lowest BCUT2D eigenvalue weighted by molar-refractivity contribution is 0.239. The molecule has 0 atom stereocenters. The van der Waals surface area contributed by atoms with E-state index >= 15 is 0 Å². The summed E-state index contributed by atoms with van der Waals surface area (Å²) in [5, 5.41) is 0. The van der Waals surface area contributed by atoms with Crippen LogP contribution in [-0.2, 0) is 26.5 Å². The van der Waals surface area contributed by atoms with Gasteiger partial charge in [-0.05, 0) is 55.8 Å². The zero-order chi connectivity index (χ0) is 22.4. The van der Waals surface area contributed by atoms with E-state index in [0.29, 0.717) is 30.3 Å². The molecule has 2 rings (SSSR count). The summed E-state index contributed by atoms with van der Waals surface area (Å²) in [5.41, 5.74) is 3.04. The zero-order valence-corrected chi connectivity index (χ0v) is 20.5. The number of nitrogens with one attached hydrogen (secondary N) is 2. The number of nitrogens with zero attached hydrogens (tertiary/aromatic N) is 1. The van der Waals surface area contributed by atoms with E-state index < -0.39 is 20.0 Å². The van der Waals surface area contributed by atoms with Gasteiger partial charge in [-0.15, -0.1) is 12.4 Å². The summed E-state index contributed by atoms with van der Waals surface area (Å²) < 4.78 is 56.3. The molecule has 0 amide bonds. The highest BCUT2D eigenvalue weighted by molar-refractivity contribution is 7.92. The number of hydrogen-bond acceptors (Lipinski definition) is 6. The summed E-state index contributed by atoms with van der Waals surface area (Å²) in [6.07, 6.45) is 3.03. The number of anilines is 2. The van der Waals surface area contributed by atoms with Gasteiger partial charge in [0.15, 0.2) is 0 Å². The third kappa shape index (κ3) is 10.7. The van der Waals surface area contributed by atoms with Gasteiger partial charge in [0, 0.05) is 18.8 Å². The first-order valence-electron chi connectivity index (χ1n) is 9.38. The average Bonchev–Trinajstić information content (AvgIpc) is 2.61. The quantitative estimate of drug-likeness (QED) is 0.500. The van der Waals surface area contributed by atoms with Crippen molar-refractivity contribution in [3.63, 3.8) is 0 Å². The molecule has 11 heteroatoms. The Kier molecular flexibility index (Phi) is 10.1. The molecule has 0 aromatic heterocycles. The number of ether oxygens (including phenoxy) is 1. The Morgan fingerprint density at radius 3 is 2.10 bits per heavy atom. The molecule has 8 nitrogen and oxygen atoms in total. The fourth-order valence-electron chi connectivity index (χ4n) is 2.73. The van der Waals surface area contributed by atoms with Crippen LogP contribution in [0.5, 0.6) is 5.75 Å². The van der Waals surface area contributed by atoms with Gasteiger partial charge in [0.05, 0.1) is 18.2 Å². The summed E-state index contributed by atoms with van der Waals surface area (Å²) in [6, 6.07) is 12.6. The molecule has 0 unspecified atom stereocenters. The van der Waals surface area contributed by atoms with Gasteiger partial charge >= 0.3 is 0 Å². The standard InChI is InChI=1S/C20H29N3O5S2.ClH/c1-16-5-10-19(22-30(4,26)27)20(15-16)28-14-13-23(2)12-11-17-6-8-18(9-7-17)21-29(3,24)25;/h5-10,15,21-22H,11-14H2,1-4H3;1H. The molecule has 2 N–H and O–H groups in total. The predicted molar refractivity (Wildman–Crippen MR) is 128 cm³/mol. The first-order valence-corrected chi connectivity index (χ1v) is 13.2. The molecular weight excluding hydrogens is 462 g/mol. The van der Waals surface area contributed by atoms with Crippen molar-refractivity contribution in [2.75, 3.05) is 48.7 Å². The number of aryl methyl sites for hydroxylation is 1. The SMILES string of the molecule is Cc1ccc(NS(C)(=O)=O)c(OCCN(C)CCc2ccc(NS(C)(=O)=O)cc2)c1.Cl. The lowest BCUT2D eigenvalue weighted by atomic mass is 10.1. The second kappa shape index (κ2) is 11.6. The van der Waals surface area contributed by atoms with E-state index in [-0.39, 0.29) is 12.4 Å². The number of hydrogen-bond donors (Lipinski definition) is 2. The van der Waals surface area contributed by atoms with Crippen LogP contribution >= 0.6 is 12.4 Å². The van der Waals surface area contributed by atoms with E-state index in [1.807, 2.05) is 32.2 Å². The normalized spacial score (nSPS) is 11.6. The molecule has 0 fully saturated rings. The van der Waals surface area contributed by atoms with Crippen LogP contribution in [0, 0.1) is 6.92 Å². The Bertz CT molecular complexity index is 1060. The van der Waals surface area contributed by atoms with Gasteiger partial charge in [-0.2, -0.15) is 0 Å². The second-order valence-corrected chi connectivity index (χ2v) is 10.8. The maximum Gasteiger partial charge on any atom is 0.229 e. The Morgan fingerprint density at radius 1 is 0.903 bits per heavy atom. The van der Waals surface area contributed by atoms with E-state index in [0.717, 1.165) is 36.6 Å². The van der Waals surface area contributed by atoms with E-state index in [1.165, 1.54) is 0 Å². The van der Waals surface area contributed by atoms with E-state index in [1.54, 1.807) is 24.3 Å². The molecule has 0 aliphatic heterocycles. The number of sulfonamides is 2. The third-order valence-corrected chi connectivity index (χ3v) is 5.40. The van der Waals surface area contributed by atoms with Crippen molar-refractivity contribution < 1.29 is 21.6 Å². The molecule has 2 aromatic rings. The first kappa shape index (κ1) is 27.0. The summed E-state index contributed by atoms with van der Waals surface area (Å²) in [5.74, 6) is 0.503. The molecular formula is C20H30ClN3O5S2. The van der Waals surface area contributed by atoms with E-state index in [2.05, 4.69) is 14.3 Å². The molecule has 0 saturated carbocycles. The van der Waals surface area contributed by atoms with Crippen LogP contribution in [0.1, 0.15) is 11.1 Å². The predicted octanol–water partition coefficient (Wildman–Crippen LogP) is 2.71. The van der Waals surface area contributed by atoms with Gasteiger partial charge < -0.3 is 9.64 Å². The number of benzene rings is 2. The maximum absolute atomic E-state index is 11.5. The van der Waals surface area contributed by atoms with Crippen molar-refractivity contribution in [1.29, 1.82) is 0 Å². The van der Waals surface area contributed by atoms with Crippen LogP contribution in [0.3, 0.4) is 0 Å². The monoisotopic (exact) mass is 491 g/mol. The molecule has 0 heterocycles. The molecule has 0 saturated heterocycles. The number of likely N-dealkylation sites (N-methyl/N-ethyl adjacent to an activating group) is 1. The fourth-order valence-corrected chi connectivity index (χ4v) is 3.86. The Balaban J connectivity index is 0.00000480. The van der Waals surface area contributed by atoms with Gasteiger partial charge in [0.2, 0.25) is 20.0 Å². The lowest BCUT2D eigenvalue weighted by Crippen LogP contribution is -2.26. The van der Waals surface area contributed by atoms with Crippen molar-refractivity contribution in [3.8, 4) is 5.75 Å². The van der Waals surface area contributed by atoms with Crippen molar-refractivity contribution in [1.82, 2.24) is 4.90 Å². The van der Waals surface area contributed by atoms with Crippen LogP contribution < -0.4 is 14.2 Å². The van der Waals surface area contributed by atoms with Crippen molar-refractivity contribution in [3.05, 3.63) is 53.6 Å². The summed E-state index contributed by atoms with van der Waals surface area (Å²) in [4.78, 5) is 2.11. The molecule has 0 spiro atoms. The lowest BCUT2D eigenvalue weighted by Gasteiger charge is -2.18. The first-order chi connectivity index (χ1) is 13.9. The van der Waals surface area contributed by atoms with Crippen molar-refractivity contribution >= 4 is 43.8 Å². The highest BCUT2D eigenvalue weighted by Crippen LogP contribution is 2.26. The molecule has 2 aromatic carbocycles. The Labute approximate surface area is 191 Å². The highest BCUT2D eigenvalue weighted by Gasteiger charge is 2.10. The number of halogens is 1. The van der Waals surface area contributed by atoms with Crippen LogP contribution in [0.2, 0.25) is 0 Å². The molecule has 0 aliphatic carbocycles. The van der Waals surface area contributed by atoms with Gasteiger partial charge in [-0.25, -0.2) is 16.8 Å². The third-order valence-electron chi connectivity index (χ3n) is 4.20. The summed E-state index contributed by atoms with van der Waals surface area (Å²) >= 11 is 0. The average molecular weight is 492 g/mol. The van der Waals surface area contributed by atoms with Crippen molar-refractivity contribution in [2.45, 2.75) is 13.3 Å². The van der Waals surface area contributed by atoms with Gasteiger partial charge in [-0.1, -0.05) is 18.2 Å². The summed E-state index contributed by atoms with van der Waals surface area (Å²) in [6.45, 7) is 3.79. The minimum atomic E-state index is -3.38. The zero-order valence-electron chi connectivity index (χ0n) is 18.1. The van der Waals surface area contributed by atoms with Crippen LogP contribution in [0.4, 0.5) is 11.4 Å². The largest absolute Gasteiger partial charge is 0.490 e. The van der Waals surface area contributed by atoms with Crippen LogP contribution in [0.15, 0.2) is 42.5 Å². The highest BCUT2D eigenvalue weighted by atomic mass is 35.5. The Morgan fingerprint density at radius 2 is 1.52 bits per heavy atom. The van der Waals surface area contributed by atoms with Crippen LogP contribution in [0.25, 0.3) is 0 Å². The smallest absolute Gasteiger partial charge is 0.229 e. The minimum absolute atomic E-state index is 0. The molecule has 0 bridgehead atoms. The van der Waals surface area contributed by atoms with E-state index in [4.69, 9.17) is 4.74 Å². The van der Waals surface area contributed by atoms with Gasteiger partial charge in [0.1, 0.15) is 12.4 Å². The van der Waals surface area contributed by atoms with E-state index in [9.17, 15) is 16.8 Å². The topological polar surface area (TPSA) is 105 Å². The molecule has 0 aliphatic rings. The molecule has 174 valence electrons. The Hall–Kier alpha value is -2.01. The molecule has 0 radical (unpaired) electrons. The van der Waals surface area contributed by atoms with Crippen LogP contribution in [-0.4, -0.2) is 61.0 Å². The molecule has 31 heavy (non-hydrogen) atoms. The van der Waals surface area contributed by atoms with Gasteiger partial charge in [-0.3, -0.25) is 9.44 Å². The van der Waals surface area contributed by atoms with Crippen molar-refractivity contribution in [2.24, 2.45) is 0 Å². The fraction of sp³-hybridized carbons (Fsp3) is 0.400.